The van der Waals surface area contributed by atoms with Crippen molar-refractivity contribution in [3.63, 3.8) is 0 Å². The predicted molar refractivity (Wildman–Crippen MR) is 89.5 cm³/mol. The molecule has 3 rings (SSSR count). The molecule has 1 aliphatic heterocycles. The molecule has 2 atom stereocenters. The summed E-state index contributed by atoms with van der Waals surface area (Å²) in [5.74, 6) is 0. The zero-order valence-electron chi connectivity index (χ0n) is 13.9. The summed E-state index contributed by atoms with van der Waals surface area (Å²) in [6.07, 6.45) is 1.81. The minimum absolute atomic E-state index is 0.0724. The second kappa shape index (κ2) is 5.77. The number of rotatable bonds is 2. The summed E-state index contributed by atoms with van der Waals surface area (Å²) in [6, 6.07) is 14.4. The second-order valence-electron chi connectivity index (χ2n) is 6.50. The van der Waals surface area contributed by atoms with Crippen molar-refractivity contribution in [2.45, 2.75) is 38.6 Å². The number of ether oxygens (including phenoxy) is 1. The first-order chi connectivity index (χ1) is 10.9. The third-order valence-corrected chi connectivity index (χ3v) is 4.76. The summed E-state index contributed by atoms with van der Waals surface area (Å²) in [6.45, 7) is 6.39. The summed E-state index contributed by atoms with van der Waals surface area (Å²) in [7, 11) is 2.10. The van der Waals surface area contributed by atoms with Crippen LogP contribution in [0.2, 0.25) is 0 Å². The molecule has 1 aromatic carbocycles. The van der Waals surface area contributed by atoms with E-state index in [-0.39, 0.29) is 11.8 Å². The van der Waals surface area contributed by atoms with Gasteiger partial charge in [-0.15, -0.1) is 0 Å². The van der Waals surface area contributed by atoms with Gasteiger partial charge in [-0.25, -0.2) is 4.98 Å². The van der Waals surface area contributed by atoms with Crippen molar-refractivity contribution in [2.75, 3.05) is 7.05 Å². The summed E-state index contributed by atoms with van der Waals surface area (Å²) in [5, 5.41) is 8.81. The van der Waals surface area contributed by atoms with E-state index >= 15 is 0 Å². The fourth-order valence-corrected chi connectivity index (χ4v) is 3.03. The molecular weight excluding hydrogens is 286 g/mol. The van der Waals surface area contributed by atoms with Gasteiger partial charge in [0.2, 0.25) is 0 Å². The first-order valence-electron chi connectivity index (χ1n) is 7.79. The lowest BCUT2D eigenvalue weighted by atomic mass is 10.00. The molecule has 0 spiro atoms. The van der Waals surface area contributed by atoms with E-state index in [1.807, 2.05) is 12.1 Å². The molecule has 0 saturated carbocycles. The highest BCUT2D eigenvalue weighted by Gasteiger charge is 2.43. The summed E-state index contributed by atoms with van der Waals surface area (Å²) in [4.78, 5) is 6.38. The molecule has 0 bridgehead atoms. The van der Waals surface area contributed by atoms with Crippen LogP contribution in [0.25, 0.3) is 11.1 Å². The third kappa shape index (κ3) is 2.86. The van der Waals surface area contributed by atoms with Gasteiger partial charge in [-0.3, -0.25) is 4.90 Å². The monoisotopic (exact) mass is 307 g/mol. The highest BCUT2D eigenvalue weighted by Crippen LogP contribution is 2.39. The molecule has 118 valence electrons. The van der Waals surface area contributed by atoms with Crippen LogP contribution in [0.1, 0.15) is 38.1 Å². The second-order valence-corrected chi connectivity index (χ2v) is 6.50. The zero-order valence-corrected chi connectivity index (χ0v) is 13.9. The Morgan fingerprint density at radius 1 is 1.13 bits per heavy atom. The van der Waals surface area contributed by atoms with E-state index in [0.29, 0.717) is 11.7 Å². The highest BCUT2D eigenvalue weighted by molar-refractivity contribution is 5.63. The topological polar surface area (TPSA) is 49.1 Å². The zero-order chi connectivity index (χ0) is 16.6. The van der Waals surface area contributed by atoms with Crippen LogP contribution >= 0.6 is 0 Å². The maximum absolute atomic E-state index is 8.81. The number of pyridine rings is 1. The maximum atomic E-state index is 8.81. The van der Waals surface area contributed by atoms with E-state index in [1.54, 1.807) is 12.3 Å². The molecule has 2 heterocycles. The van der Waals surface area contributed by atoms with Crippen LogP contribution < -0.4 is 0 Å². The summed E-state index contributed by atoms with van der Waals surface area (Å²) < 4.78 is 6.21. The Balaban J connectivity index is 1.84. The van der Waals surface area contributed by atoms with Crippen molar-refractivity contribution in [1.29, 1.82) is 5.26 Å². The van der Waals surface area contributed by atoms with Crippen molar-refractivity contribution in [2.24, 2.45) is 0 Å². The van der Waals surface area contributed by atoms with E-state index in [1.165, 1.54) is 5.56 Å². The van der Waals surface area contributed by atoms with Gasteiger partial charge >= 0.3 is 0 Å². The van der Waals surface area contributed by atoms with Gasteiger partial charge < -0.3 is 4.74 Å². The molecule has 1 aliphatic rings. The smallest absolute Gasteiger partial charge is 0.140 e. The number of benzene rings is 1. The lowest BCUT2D eigenvalue weighted by Gasteiger charge is -2.27. The number of likely N-dealkylation sites (N-methyl/N-ethyl adjacent to an activating group) is 1. The van der Waals surface area contributed by atoms with Crippen molar-refractivity contribution < 1.29 is 4.74 Å². The van der Waals surface area contributed by atoms with E-state index < -0.39 is 0 Å². The summed E-state index contributed by atoms with van der Waals surface area (Å²) in [5.41, 5.74) is 3.46. The minimum atomic E-state index is -0.250. The van der Waals surface area contributed by atoms with Crippen LogP contribution in [-0.4, -0.2) is 28.7 Å². The first-order valence-corrected chi connectivity index (χ1v) is 7.79. The molecule has 1 aromatic heterocycles. The Bertz CT molecular complexity index is 729. The number of hydrogen-bond acceptors (Lipinski definition) is 4. The van der Waals surface area contributed by atoms with Gasteiger partial charge in [0.1, 0.15) is 23.6 Å². The largest absolute Gasteiger partial charge is 0.351 e. The first kappa shape index (κ1) is 15.7. The van der Waals surface area contributed by atoms with Gasteiger partial charge in [0, 0.05) is 17.8 Å². The van der Waals surface area contributed by atoms with Crippen LogP contribution in [0, 0.1) is 11.3 Å². The van der Waals surface area contributed by atoms with Crippen LogP contribution in [-0.2, 0) is 4.74 Å². The summed E-state index contributed by atoms with van der Waals surface area (Å²) >= 11 is 0. The van der Waals surface area contributed by atoms with Crippen molar-refractivity contribution >= 4 is 0 Å². The molecule has 4 nitrogen and oxygen atoms in total. The van der Waals surface area contributed by atoms with Gasteiger partial charge in [0.05, 0.1) is 0 Å². The van der Waals surface area contributed by atoms with E-state index in [4.69, 9.17) is 10.00 Å². The third-order valence-electron chi connectivity index (χ3n) is 4.76. The molecule has 1 unspecified atom stereocenters. The molecule has 4 heteroatoms. The Labute approximate surface area is 137 Å². The van der Waals surface area contributed by atoms with Crippen molar-refractivity contribution in [3.8, 4) is 17.2 Å². The van der Waals surface area contributed by atoms with E-state index in [0.717, 1.165) is 11.1 Å². The number of hydrogen-bond donors (Lipinski definition) is 0. The number of aromatic nitrogens is 1. The fraction of sp³-hybridized carbons (Fsp3) is 0.368. The molecule has 2 aromatic rings. The molecule has 1 saturated heterocycles. The Morgan fingerprint density at radius 3 is 2.26 bits per heavy atom. The van der Waals surface area contributed by atoms with Crippen LogP contribution in [0.4, 0.5) is 0 Å². The number of nitriles is 1. The molecule has 1 fully saturated rings. The molecular formula is C19H21N3O. The number of nitrogens with zero attached hydrogens (tertiary/aromatic N) is 3. The standard InChI is InChI=1S/C19H21N3O/c1-13-18(23-19(2,3)22(13)4)15-7-5-14(6-8-15)16-9-10-17(11-20)21-12-16/h5-10,12-13,18H,1-4H3/t13-,18?/m1/s1. The average molecular weight is 307 g/mol. The maximum Gasteiger partial charge on any atom is 0.140 e. The van der Waals surface area contributed by atoms with Crippen molar-refractivity contribution in [1.82, 2.24) is 9.88 Å². The lowest BCUT2D eigenvalue weighted by molar-refractivity contribution is -0.0683. The molecule has 0 N–H and O–H groups in total. The molecule has 0 amide bonds. The van der Waals surface area contributed by atoms with Crippen LogP contribution in [0.3, 0.4) is 0 Å². The Hall–Kier alpha value is -2.22. The van der Waals surface area contributed by atoms with Gasteiger partial charge in [-0.2, -0.15) is 5.26 Å². The quantitative estimate of drug-likeness (QED) is 0.848. The minimum Gasteiger partial charge on any atom is -0.351 e. The fourth-order valence-electron chi connectivity index (χ4n) is 3.03. The Morgan fingerprint density at radius 2 is 1.78 bits per heavy atom. The van der Waals surface area contributed by atoms with Gasteiger partial charge in [0.15, 0.2) is 0 Å². The van der Waals surface area contributed by atoms with Gasteiger partial charge in [-0.05, 0) is 51.1 Å². The van der Waals surface area contributed by atoms with Crippen molar-refractivity contribution in [3.05, 3.63) is 53.9 Å². The van der Waals surface area contributed by atoms with Crippen LogP contribution in [0.15, 0.2) is 42.6 Å². The molecule has 0 aliphatic carbocycles. The average Bonchev–Trinajstić information content (AvgIpc) is 2.78. The van der Waals surface area contributed by atoms with E-state index in [2.05, 4.69) is 62.0 Å². The van der Waals surface area contributed by atoms with E-state index in [9.17, 15) is 0 Å². The predicted octanol–water partition coefficient (Wildman–Crippen LogP) is 3.75. The normalized spacial score (nSPS) is 23.6. The lowest BCUT2D eigenvalue weighted by Crippen LogP contribution is -2.39. The highest BCUT2D eigenvalue weighted by atomic mass is 16.5. The van der Waals surface area contributed by atoms with Gasteiger partial charge in [-0.1, -0.05) is 24.3 Å². The SMILES string of the molecule is C[C@@H]1C(c2ccc(-c3ccc(C#N)nc3)cc2)OC(C)(C)N1C. The van der Waals surface area contributed by atoms with Crippen LogP contribution in [0.5, 0.6) is 0 Å². The molecule has 0 radical (unpaired) electrons. The Kier molecular flexibility index (Phi) is 3.93. The molecule has 23 heavy (non-hydrogen) atoms. The van der Waals surface area contributed by atoms with Gasteiger partial charge in [0.25, 0.3) is 0 Å².